The molecule has 0 saturated heterocycles. The lowest BCUT2D eigenvalue weighted by molar-refractivity contribution is -0.432. The van der Waals surface area contributed by atoms with Crippen LogP contribution in [0.15, 0.2) is 40.3 Å². The third-order valence-corrected chi connectivity index (χ3v) is 8.17. The Hall–Kier alpha value is 0.250. The van der Waals surface area contributed by atoms with Crippen molar-refractivity contribution < 1.29 is 23.0 Å². The monoisotopic (exact) mass is 521 g/mol. The Morgan fingerprint density at radius 3 is 2.52 bits per heavy atom. The van der Waals surface area contributed by atoms with E-state index in [1.54, 1.807) is 24.3 Å². The first-order valence-corrected chi connectivity index (χ1v) is 9.73. The van der Waals surface area contributed by atoms with Crippen LogP contribution in [0.4, 0.5) is 0 Å². The number of hydrogen-bond donors (Lipinski definition) is 1. The number of aromatic nitrogens is 1. The van der Waals surface area contributed by atoms with Crippen molar-refractivity contribution in [1.82, 2.24) is 4.98 Å². The summed E-state index contributed by atoms with van der Waals surface area (Å²) in [4.78, 5) is 4.78. The number of fused-ring (bicyclic) bond motifs is 1. The maximum absolute atomic E-state index is 12.2. The second-order valence-electron chi connectivity index (χ2n) is 3.68. The molecule has 1 N–H and O–H groups in total. The largest absolute Gasteiger partial charge is 0.240 e. The summed E-state index contributed by atoms with van der Waals surface area (Å²) >= 11 is 9.78. The van der Waals surface area contributed by atoms with Gasteiger partial charge in [-0.05, 0) is 78.1 Å². The van der Waals surface area contributed by atoms with E-state index in [1.165, 1.54) is 6.07 Å². The van der Waals surface area contributed by atoms with Crippen LogP contribution in [0.1, 0.15) is 0 Å². The summed E-state index contributed by atoms with van der Waals surface area (Å²) in [6.07, 6.45) is 0. The van der Waals surface area contributed by atoms with Gasteiger partial charge in [-0.2, -0.15) is 0 Å². The highest BCUT2D eigenvalue weighted by Gasteiger charge is 2.38. The lowest BCUT2D eigenvalue weighted by atomic mass is 10.2. The van der Waals surface area contributed by atoms with Gasteiger partial charge in [-0.3, -0.25) is 0 Å². The first kappa shape index (κ1) is 17.6. The molecule has 0 bridgehead atoms. The number of sulfone groups is 1. The first-order valence-electron chi connectivity index (χ1n) is 5.12. The first-order chi connectivity index (χ1) is 9.75. The van der Waals surface area contributed by atoms with Crippen molar-refractivity contribution in [3.05, 3.63) is 30.3 Å². The Balaban J connectivity index is 2.44. The number of halogens is 3. The molecule has 0 aliphatic rings. The van der Waals surface area contributed by atoms with E-state index in [-0.39, 0.29) is 5.03 Å². The summed E-state index contributed by atoms with van der Waals surface area (Å²) in [5.74, 6) is 0. The fourth-order valence-corrected chi connectivity index (χ4v) is 4.06. The predicted octanol–water partition coefficient (Wildman–Crippen LogP) is 4.23. The van der Waals surface area contributed by atoms with Gasteiger partial charge in [-0.1, -0.05) is 5.04 Å². The van der Waals surface area contributed by atoms with Crippen LogP contribution in [0.2, 0.25) is 0 Å². The minimum absolute atomic E-state index is 0.0871. The highest BCUT2D eigenvalue weighted by Crippen LogP contribution is 2.42. The van der Waals surface area contributed by atoms with Gasteiger partial charge in [-0.25, -0.2) is 18.7 Å². The molecule has 0 radical (unpaired) electrons. The van der Waals surface area contributed by atoms with Crippen LogP contribution in [-0.4, -0.2) is 20.1 Å². The summed E-state index contributed by atoms with van der Waals surface area (Å²) in [6, 6.07) is 8.02. The maximum Gasteiger partial charge on any atom is 0.240 e. The standard InChI is InChI=1S/C10H6Br3NO5S2/c11-10(12,13)21(16,17)9-4-1-6-5-7(20-19-18-15)2-3-8(6)14-9/h1-5,15H. The van der Waals surface area contributed by atoms with Gasteiger partial charge in [0.1, 0.15) is 0 Å². The van der Waals surface area contributed by atoms with Crippen LogP contribution in [0.25, 0.3) is 10.9 Å². The predicted molar refractivity (Wildman–Crippen MR) is 89.1 cm³/mol. The lowest BCUT2D eigenvalue weighted by Crippen LogP contribution is -2.19. The average molecular weight is 524 g/mol. The van der Waals surface area contributed by atoms with Gasteiger partial charge in [0.05, 0.1) is 17.6 Å². The molecular weight excluding hydrogens is 518 g/mol. The third-order valence-electron chi connectivity index (χ3n) is 2.38. The Bertz CT molecular complexity index is 763. The molecule has 114 valence electrons. The molecule has 1 heterocycles. The van der Waals surface area contributed by atoms with E-state index < -0.39 is 11.3 Å². The number of pyridine rings is 1. The molecule has 0 aliphatic heterocycles. The molecule has 11 heteroatoms. The third kappa shape index (κ3) is 3.96. The van der Waals surface area contributed by atoms with Crippen molar-refractivity contribution in [3.63, 3.8) is 0 Å². The van der Waals surface area contributed by atoms with Crippen LogP contribution < -0.4 is 0 Å². The number of benzene rings is 1. The quantitative estimate of drug-likeness (QED) is 0.278. The molecule has 0 unspecified atom stereocenters. The van der Waals surface area contributed by atoms with Crippen molar-refractivity contribution in [2.24, 2.45) is 0 Å². The molecule has 0 atom stereocenters. The maximum atomic E-state index is 12.2. The van der Waals surface area contributed by atoms with E-state index in [0.29, 0.717) is 15.8 Å². The molecule has 0 amide bonds. The van der Waals surface area contributed by atoms with Crippen molar-refractivity contribution >= 4 is 80.6 Å². The Labute approximate surface area is 149 Å². The van der Waals surface area contributed by atoms with Gasteiger partial charge in [0.15, 0.2) is 5.03 Å². The van der Waals surface area contributed by atoms with Crippen LogP contribution in [0.3, 0.4) is 0 Å². The zero-order chi connectivity index (χ0) is 15.7. The van der Waals surface area contributed by atoms with Crippen LogP contribution in [0.5, 0.6) is 0 Å². The number of rotatable bonds is 4. The average Bonchev–Trinajstić information content (AvgIpc) is 2.43. The van der Waals surface area contributed by atoms with Crippen molar-refractivity contribution in [2.45, 2.75) is 11.4 Å². The zero-order valence-corrected chi connectivity index (χ0v) is 16.3. The molecule has 1 aromatic heterocycles. The van der Waals surface area contributed by atoms with Crippen LogP contribution in [-0.2, 0) is 19.2 Å². The summed E-state index contributed by atoms with van der Waals surface area (Å²) in [7, 11) is -3.74. The fourth-order valence-electron chi connectivity index (χ4n) is 1.46. The van der Waals surface area contributed by atoms with Gasteiger partial charge in [0.25, 0.3) is 0 Å². The van der Waals surface area contributed by atoms with Gasteiger partial charge in [0.2, 0.25) is 11.3 Å². The second kappa shape index (κ2) is 6.79. The second-order valence-corrected chi connectivity index (χ2v) is 14.8. The van der Waals surface area contributed by atoms with E-state index in [2.05, 4.69) is 62.1 Å². The molecular formula is C10H6Br3NO5S2. The van der Waals surface area contributed by atoms with Gasteiger partial charge in [0, 0.05) is 10.3 Å². The Kier molecular flexibility index (Phi) is 5.69. The zero-order valence-electron chi connectivity index (χ0n) is 9.86. The van der Waals surface area contributed by atoms with E-state index in [0.717, 1.165) is 12.0 Å². The molecule has 6 nitrogen and oxygen atoms in total. The lowest BCUT2D eigenvalue weighted by Gasteiger charge is -2.13. The van der Waals surface area contributed by atoms with Crippen molar-refractivity contribution in [3.8, 4) is 0 Å². The fraction of sp³-hybridized carbons (Fsp3) is 0.100. The molecule has 0 aliphatic carbocycles. The summed E-state index contributed by atoms with van der Waals surface area (Å²) in [6.45, 7) is 0. The summed E-state index contributed by atoms with van der Waals surface area (Å²) < 4.78 is 27.3. The highest BCUT2D eigenvalue weighted by molar-refractivity contribution is 9.42. The molecule has 2 aromatic rings. The number of hydrogen-bond acceptors (Lipinski definition) is 7. The van der Waals surface area contributed by atoms with E-state index >= 15 is 0 Å². The van der Waals surface area contributed by atoms with Crippen LogP contribution in [0, 0.1) is 0 Å². The molecule has 21 heavy (non-hydrogen) atoms. The highest BCUT2D eigenvalue weighted by atomic mass is 80.0. The molecule has 0 fully saturated rings. The van der Waals surface area contributed by atoms with Gasteiger partial charge < -0.3 is 0 Å². The van der Waals surface area contributed by atoms with Gasteiger partial charge in [-0.15, -0.1) is 4.33 Å². The van der Waals surface area contributed by atoms with Gasteiger partial charge >= 0.3 is 0 Å². The van der Waals surface area contributed by atoms with E-state index in [9.17, 15) is 8.42 Å². The molecule has 1 aromatic carbocycles. The molecule has 0 saturated carbocycles. The van der Waals surface area contributed by atoms with Crippen LogP contribution >= 0.6 is 59.8 Å². The minimum Gasteiger partial charge on any atom is -0.236 e. The normalized spacial score (nSPS) is 12.8. The number of nitrogens with zero attached hydrogens (tertiary/aromatic N) is 1. The summed E-state index contributed by atoms with van der Waals surface area (Å²) in [5.41, 5.74) is 0.502. The number of alkyl halides is 3. The van der Waals surface area contributed by atoms with Crippen molar-refractivity contribution in [1.29, 1.82) is 0 Å². The Morgan fingerprint density at radius 1 is 1.19 bits per heavy atom. The van der Waals surface area contributed by atoms with Crippen molar-refractivity contribution in [2.75, 3.05) is 0 Å². The molecule has 0 spiro atoms. The summed E-state index contributed by atoms with van der Waals surface area (Å²) in [5, 5.41) is 12.2. The molecule has 2 rings (SSSR count). The topological polar surface area (TPSA) is 85.7 Å². The minimum atomic E-state index is -3.74. The SMILES string of the molecule is O=S(=O)(c1ccc2cc(SOOO)ccc2n1)C(Br)(Br)Br. The Morgan fingerprint density at radius 2 is 1.90 bits per heavy atom. The van der Waals surface area contributed by atoms with E-state index in [4.69, 9.17) is 5.26 Å². The smallest absolute Gasteiger partial charge is 0.236 e. The van der Waals surface area contributed by atoms with E-state index in [1.807, 2.05) is 0 Å².